The molecule has 21 heavy (non-hydrogen) atoms. The number of benzene rings is 2. The molecule has 3 rings (SSSR count). The Morgan fingerprint density at radius 1 is 1.19 bits per heavy atom. The molecule has 1 aromatic heterocycles. The Bertz CT molecular complexity index is 830. The molecule has 0 fully saturated rings. The van der Waals surface area contributed by atoms with Crippen LogP contribution >= 0.6 is 38.9 Å². The number of halogens is 2. The maximum atomic E-state index is 12.4. The van der Waals surface area contributed by atoms with E-state index < -0.39 is 0 Å². The molecule has 0 bridgehead atoms. The van der Waals surface area contributed by atoms with E-state index in [0.29, 0.717) is 21.3 Å². The second-order valence-electron chi connectivity index (χ2n) is 4.42. The first-order chi connectivity index (χ1) is 10.1. The summed E-state index contributed by atoms with van der Waals surface area (Å²) in [6.07, 6.45) is 0. The zero-order valence-electron chi connectivity index (χ0n) is 10.7. The molecule has 0 atom stereocenters. The Morgan fingerprint density at radius 2 is 1.90 bits per heavy atom. The third-order valence-corrected chi connectivity index (χ3v) is 5.09. The van der Waals surface area contributed by atoms with Crippen LogP contribution in [0.15, 0.2) is 46.9 Å². The lowest BCUT2D eigenvalue weighted by molar-refractivity contribution is 0.103. The van der Waals surface area contributed by atoms with Gasteiger partial charge in [-0.05, 0) is 36.4 Å². The van der Waals surface area contributed by atoms with Crippen molar-refractivity contribution < 1.29 is 4.79 Å². The second-order valence-corrected chi connectivity index (χ2v) is 6.76. The van der Waals surface area contributed by atoms with Crippen LogP contribution in [0, 0.1) is 0 Å². The van der Waals surface area contributed by atoms with E-state index in [9.17, 15) is 4.79 Å². The highest BCUT2D eigenvalue weighted by molar-refractivity contribution is 9.10. The van der Waals surface area contributed by atoms with Crippen LogP contribution in [-0.2, 0) is 0 Å². The quantitative estimate of drug-likeness (QED) is 0.645. The van der Waals surface area contributed by atoms with Crippen LogP contribution < -0.4 is 11.1 Å². The number of nitrogen functional groups attached to an aromatic ring is 1. The molecule has 106 valence electrons. The molecule has 0 spiro atoms. The van der Waals surface area contributed by atoms with Crippen LogP contribution in [0.4, 0.5) is 11.4 Å². The third kappa shape index (κ3) is 2.77. The molecule has 2 aromatic carbocycles. The summed E-state index contributed by atoms with van der Waals surface area (Å²) in [6.45, 7) is 0. The third-order valence-electron chi connectivity index (χ3n) is 3.01. The van der Waals surface area contributed by atoms with E-state index in [2.05, 4.69) is 21.2 Å². The van der Waals surface area contributed by atoms with Crippen molar-refractivity contribution in [3.63, 3.8) is 0 Å². The van der Waals surface area contributed by atoms with E-state index in [4.69, 9.17) is 17.3 Å². The summed E-state index contributed by atoms with van der Waals surface area (Å²) in [5, 5.41) is 4.33. The second kappa shape index (κ2) is 5.67. The lowest BCUT2D eigenvalue weighted by atomic mass is 10.2. The van der Waals surface area contributed by atoms with Crippen molar-refractivity contribution in [3.8, 4) is 0 Å². The Kier molecular flexibility index (Phi) is 3.89. The fraction of sp³-hybridized carbons (Fsp3) is 0. The number of fused-ring (bicyclic) bond motifs is 1. The molecular weight excluding hydrogens is 372 g/mol. The molecule has 0 aliphatic rings. The predicted octanol–water partition coefficient (Wildman–Crippen LogP) is 5.15. The molecule has 3 aromatic rings. The summed E-state index contributed by atoms with van der Waals surface area (Å²) < 4.78 is 1.86. The first-order valence-electron chi connectivity index (χ1n) is 6.09. The Labute approximate surface area is 138 Å². The summed E-state index contributed by atoms with van der Waals surface area (Å²) in [5.74, 6) is -0.220. The van der Waals surface area contributed by atoms with Gasteiger partial charge in [-0.25, -0.2) is 0 Å². The van der Waals surface area contributed by atoms with Gasteiger partial charge in [0.2, 0.25) is 0 Å². The molecule has 0 radical (unpaired) electrons. The average molecular weight is 382 g/mol. The lowest BCUT2D eigenvalue weighted by Crippen LogP contribution is -2.11. The van der Waals surface area contributed by atoms with Crippen molar-refractivity contribution in [2.45, 2.75) is 0 Å². The maximum Gasteiger partial charge on any atom is 0.267 e. The molecule has 0 aliphatic heterocycles. The monoisotopic (exact) mass is 380 g/mol. The van der Waals surface area contributed by atoms with Gasteiger partial charge >= 0.3 is 0 Å². The van der Waals surface area contributed by atoms with Crippen LogP contribution in [0.5, 0.6) is 0 Å². The molecule has 1 heterocycles. The number of nitrogens with one attached hydrogen (secondary N) is 1. The summed E-state index contributed by atoms with van der Waals surface area (Å²) in [6, 6.07) is 12.7. The minimum Gasteiger partial charge on any atom is -0.397 e. The number of carbonyl (C=O) groups is 1. The molecule has 0 unspecified atom stereocenters. The smallest absolute Gasteiger partial charge is 0.267 e. The molecule has 0 saturated carbocycles. The number of anilines is 2. The minimum absolute atomic E-state index is 0.220. The fourth-order valence-corrected chi connectivity index (χ4v) is 3.90. The van der Waals surface area contributed by atoms with E-state index in [-0.39, 0.29) is 5.91 Å². The Morgan fingerprint density at radius 3 is 2.57 bits per heavy atom. The van der Waals surface area contributed by atoms with Crippen LogP contribution in [0.1, 0.15) is 9.67 Å². The van der Waals surface area contributed by atoms with Gasteiger partial charge in [0.05, 0.1) is 5.69 Å². The van der Waals surface area contributed by atoms with E-state index in [1.807, 2.05) is 18.2 Å². The number of amides is 1. The standard InChI is InChI=1S/C15H10BrClN2OS/c16-10-2-1-3-11-12(10)13(18)14(21-11)15(20)19-9-6-4-8(17)5-7-9/h1-7H,18H2,(H,19,20). The highest BCUT2D eigenvalue weighted by atomic mass is 79.9. The lowest BCUT2D eigenvalue weighted by Gasteiger charge is -2.04. The number of thiophene rings is 1. The maximum absolute atomic E-state index is 12.4. The van der Waals surface area contributed by atoms with Crippen molar-refractivity contribution in [1.29, 1.82) is 0 Å². The van der Waals surface area contributed by atoms with E-state index in [0.717, 1.165) is 14.6 Å². The summed E-state index contributed by atoms with van der Waals surface area (Å²) in [4.78, 5) is 12.9. The number of rotatable bonds is 2. The molecule has 6 heteroatoms. The number of carbonyl (C=O) groups excluding carboxylic acids is 1. The van der Waals surface area contributed by atoms with Crippen molar-refractivity contribution in [1.82, 2.24) is 0 Å². The largest absolute Gasteiger partial charge is 0.397 e. The van der Waals surface area contributed by atoms with Gasteiger partial charge in [0.15, 0.2) is 0 Å². The molecule has 3 nitrogen and oxygen atoms in total. The van der Waals surface area contributed by atoms with Gasteiger partial charge in [-0.1, -0.05) is 33.6 Å². The van der Waals surface area contributed by atoms with E-state index >= 15 is 0 Å². The van der Waals surface area contributed by atoms with Crippen LogP contribution in [0.25, 0.3) is 10.1 Å². The van der Waals surface area contributed by atoms with Gasteiger partial charge in [0.1, 0.15) is 4.88 Å². The minimum atomic E-state index is -0.220. The van der Waals surface area contributed by atoms with Crippen LogP contribution in [0.3, 0.4) is 0 Å². The number of hydrogen-bond acceptors (Lipinski definition) is 3. The predicted molar refractivity (Wildman–Crippen MR) is 93.3 cm³/mol. The van der Waals surface area contributed by atoms with E-state index in [1.54, 1.807) is 24.3 Å². The highest BCUT2D eigenvalue weighted by Gasteiger charge is 2.17. The van der Waals surface area contributed by atoms with Crippen molar-refractivity contribution in [3.05, 3.63) is 56.8 Å². The van der Waals surface area contributed by atoms with Crippen LogP contribution in [0.2, 0.25) is 5.02 Å². The van der Waals surface area contributed by atoms with Gasteiger partial charge < -0.3 is 11.1 Å². The van der Waals surface area contributed by atoms with Gasteiger partial charge in [-0.2, -0.15) is 0 Å². The summed E-state index contributed by atoms with van der Waals surface area (Å²) in [5.41, 5.74) is 7.29. The summed E-state index contributed by atoms with van der Waals surface area (Å²) >= 11 is 10.7. The fourth-order valence-electron chi connectivity index (χ4n) is 2.02. The number of nitrogens with two attached hydrogens (primary N) is 1. The topological polar surface area (TPSA) is 55.1 Å². The summed E-state index contributed by atoms with van der Waals surface area (Å²) in [7, 11) is 0. The molecule has 0 saturated heterocycles. The Hall–Kier alpha value is -1.56. The van der Waals surface area contributed by atoms with Crippen molar-refractivity contribution in [2.75, 3.05) is 11.1 Å². The zero-order chi connectivity index (χ0) is 15.0. The molecule has 1 amide bonds. The van der Waals surface area contributed by atoms with Gasteiger partial charge in [-0.3, -0.25) is 4.79 Å². The molecular formula is C15H10BrClN2OS. The first-order valence-corrected chi connectivity index (χ1v) is 8.08. The molecule has 3 N–H and O–H groups in total. The van der Waals surface area contributed by atoms with Gasteiger partial charge in [-0.15, -0.1) is 11.3 Å². The first kappa shape index (κ1) is 14.4. The van der Waals surface area contributed by atoms with Crippen molar-refractivity contribution >= 4 is 66.2 Å². The Balaban J connectivity index is 1.96. The molecule has 0 aliphatic carbocycles. The zero-order valence-corrected chi connectivity index (χ0v) is 13.8. The van der Waals surface area contributed by atoms with Crippen LogP contribution in [-0.4, -0.2) is 5.91 Å². The average Bonchev–Trinajstić information content (AvgIpc) is 2.80. The number of hydrogen-bond donors (Lipinski definition) is 2. The van der Waals surface area contributed by atoms with Gasteiger partial charge in [0, 0.05) is 25.3 Å². The van der Waals surface area contributed by atoms with Gasteiger partial charge in [0.25, 0.3) is 5.91 Å². The highest BCUT2D eigenvalue weighted by Crippen LogP contribution is 2.38. The SMILES string of the molecule is Nc1c(C(=O)Nc2ccc(Cl)cc2)sc2cccc(Br)c12. The van der Waals surface area contributed by atoms with Crippen molar-refractivity contribution in [2.24, 2.45) is 0 Å². The van der Waals surface area contributed by atoms with E-state index in [1.165, 1.54) is 11.3 Å². The normalized spacial score (nSPS) is 10.8.